The average molecular weight is 332 g/mol. The molecule has 0 radical (unpaired) electrons. The molecule has 0 aromatic carbocycles. The first-order valence-corrected chi connectivity index (χ1v) is 9.43. The lowest BCUT2D eigenvalue weighted by Crippen LogP contribution is -2.52. The summed E-state index contributed by atoms with van der Waals surface area (Å²) in [5.41, 5.74) is 1.07. The van der Waals surface area contributed by atoms with Crippen LogP contribution in [0, 0.1) is 34.5 Å². The number of fused-ring (bicyclic) bond motifs is 5. The van der Waals surface area contributed by atoms with E-state index < -0.39 is 11.9 Å². The third-order valence-electron chi connectivity index (χ3n) is 8.27. The Balaban J connectivity index is 1.69. The van der Waals surface area contributed by atoms with E-state index in [1.165, 1.54) is 5.57 Å². The molecular formula is C20H28O4. The summed E-state index contributed by atoms with van der Waals surface area (Å²) in [6.07, 6.45) is 8.00. The van der Waals surface area contributed by atoms with Gasteiger partial charge in [-0.3, -0.25) is 9.59 Å². The largest absolute Gasteiger partial charge is 0.481 e. The van der Waals surface area contributed by atoms with Crippen molar-refractivity contribution in [1.29, 1.82) is 0 Å². The first-order chi connectivity index (χ1) is 11.3. The molecule has 4 nitrogen and oxygen atoms in total. The molecule has 4 aliphatic carbocycles. The van der Waals surface area contributed by atoms with Crippen LogP contribution in [0.3, 0.4) is 0 Å². The monoisotopic (exact) mass is 332 g/mol. The predicted molar refractivity (Wildman–Crippen MR) is 89.2 cm³/mol. The van der Waals surface area contributed by atoms with Crippen LogP contribution >= 0.6 is 0 Å². The van der Waals surface area contributed by atoms with Gasteiger partial charge in [0, 0.05) is 0 Å². The Hall–Kier alpha value is -1.16. The highest BCUT2D eigenvalue weighted by atomic mass is 16.4. The zero-order chi connectivity index (χ0) is 17.3. The highest BCUT2D eigenvalue weighted by Crippen LogP contribution is 2.65. The van der Waals surface area contributed by atoms with E-state index in [4.69, 9.17) is 0 Å². The Morgan fingerprint density at radius 3 is 2.62 bits per heavy atom. The molecule has 0 saturated heterocycles. The van der Waals surface area contributed by atoms with Gasteiger partial charge in [0.05, 0.1) is 6.10 Å². The van der Waals surface area contributed by atoms with Gasteiger partial charge in [-0.15, -0.1) is 0 Å². The van der Waals surface area contributed by atoms with E-state index in [0.29, 0.717) is 24.2 Å². The SMILES string of the molecule is C[C@]12CC(C(=O)O)C(=O)C=C1CC[C@@H]1[C@H]2CC[C@]2(C)C(O)CC[C@@H]12. The summed E-state index contributed by atoms with van der Waals surface area (Å²) < 4.78 is 0. The van der Waals surface area contributed by atoms with Crippen molar-refractivity contribution in [2.75, 3.05) is 0 Å². The third-order valence-corrected chi connectivity index (χ3v) is 8.27. The van der Waals surface area contributed by atoms with Crippen molar-refractivity contribution in [2.45, 2.75) is 64.9 Å². The molecule has 3 fully saturated rings. The van der Waals surface area contributed by atoms with Gasteiger partial charge in [-0.05, 0) is 79.6 Å². The fourth-order valence-corrected chi connectivity index (χ4v) is 6.82. The molecule has 2 unspecified atom stereocenters. The second-order valence-electron chi connectivity index (χ2n) is 9.14. The first kappa shape index (κ1) is 16.3. The predicted octanol–water partition coefficient (Wildman–Crippen LogP) is 3.19. The highest BCUT2D eigenvalue weighted by Gasteiger charge is 2.59. The molecule has 4 heteroatoms. The molecule has 4 aliphatic rings. The van der Waals surface area contributed by atoms with Crippen LogP contribution in [0.25, 0.3) is 0 Å². The lowest BCUT2D eigenvalue weighted by molar-refractivity contribution is -0.148. The molecule has 4 rings (SSSR count). The van der Waals surface area contributed by atoms with Crippen LogP contribution in [0.2, 0.25) is 0 Å². The Kier molecular flexibility index (Phi) is 3.51. The van der Waals surface area contributed by atoms with Crippen molar-refractivity contribution >= 4 is 11.8 Å². The van der Waals surface area contributed by atoms with Crippen LogP contribution in [-0.4, -0.2) is 28.1 Å². The van der Waals surface area contributed by atoms with Crippen LogP contribution < -0.4 is 0 Å². The number of carbonyl (C=O) groups excluding carboxylic acids is 1. The standard InChI is InChI=1S/C20H28O4/c1-19-8-7-15-12(14(19)5-6-17(19)22)4-3-11-9-16(21)13(18(23)24)10-20(11,15)2/h9,12-15,17,22H,3-8,10H2,1-2H3,(H,23,24)/t12-,13?,14-,15+,17?,19-,20-/m0/s1. The molecule has 0 spiro atoms. The number of ketones is 1. The van der Waals surface area contributed by atoms with E-state index in [9.17, 15) is 19.8 Å². The molecule has 0 aliphatic heterocycles. The Bertz CT molecular complexity index is 623. The number of carboxylic acid groups (broad SMARTS) is 1. The third kappa shape index (κ3) is 2.01. The van der Waals surface area contributed by atoms with Crippen LogP contribution in [0.1, 0.15) is 58.8 Å². The molecule has 0 amide bonds. The second kappa shape index (κ2) is 5.17. The summed E-state index contributed by atoms with van der Waals surface area (Å²) in [5.74, 6) is -0.507. The van der Waals surface area contributed by atoms with Gasteiger partial charge in [-0.2, -0.15) is 0 Å². The number of hydrogen-bond acceptors (Lipinski definition) is 3. The van der Waals surface area contributed by atoms with Gasteiger partial charge in [-0.1, -0.05) is 19.4 Å². The summed E-state index contributed by atoms with van der Waals surface area (Å²) in [7, 11) is 0. The minimum Gasteiger partial charge on any atom is -0.481 e. The maximum Gasteiger partial charge on any atom is 0.314 e. The number of carbonyl (C=O) groups is 2. The van der Waals surface area contributed by atoms with Gasteiger partial charge in [0.2, 0.25) is 0 Å². The first-order valence-electron chi connectivity index (χ1n) is 9.43. The summed E-state index contributed by atoms with van der Waals surface area (Å²) in [4.78, 5) is 23.7. The van der Waals surface area contributed by atoms with Crippen molar-refractivity contribution in [2.24, 2.45) is 34.5 Å². The summed E-state index contributed by atoms with van der Waals surface area (Å²) in [6.45, 7) is 4.45. The van der Waals surface area contributed by atoms with Crippen molar-refractivity contribution < 1.29 is 19.8 Å². The number of allylic oxidation sites excluding steroid dienone is 1. The number of aliphatic hydroxyl groups excluding tert-OH is 1. The number of aliphatic hydroxyl groups is 1. The molecule has 24 heavy (non-hydrogen) atoms. The van der Waals surface area contributed by atoms with E-state index in [-0.39, 0.29) is 22.7 Å². The number of carboxylic acids is 1. The quantitative estimate of drug-likeness (QED) is 0.723. The fraction of sp³-hybridized carbons (Fsp3) is 0.800. The number of hydrogen-bond donors (Lipinski definition) is 2. The number of rotatable bonds is 1. The molecule has 2 N–H and O–H groups in total. The Labute approximate surface area is 143 Å². The molecule has 7 atom stereocenters. The van der Waals surface area contributed by atoms with Crippen LogP contribution in [0.15, 0.2) is 11.6 Å². The van der Waals surface area contributed by atoms with Gasteiger partial charge in [0.25, 0.3) is 0 Å². The second-order valence-corrected chi connectivity index (χ2v) is 9.14. The molecule has 3 saturated carbocycles. The van der Waals surface area contributed by atoms with Crippen molar-refractivity contribution in [3.63, 3.8) is 0 Å². The lowest BCUT2D eigenvalue weighted by atomic mass is 9.46. The molecule has 0 heterocycles. The van der Waals surface area contributed by atoms with Gasteiger partial charge in [0.15, 0.2) is 5.78 Å². The van der Waals surface area contributed by atoms with E-state index in [1.54, 1.807) is 6.08 Å². The summed E-state index contributed by atoms with van der Waals surface area (Å²) >= 11 is 0. The van der Waals surface area contributed by atoms with Crippen molar-refractivity contribution in [3.8, 4) is 0 Å². The van der Waals surface area contributed by atoms with Gasteiger partial charge < -0.3 is 10.2 Å². The molecule has 132 valence electrons. The molecule has 0 aromatic heterocycles. The van der Waals surface area contributed by atoms with Crippen molar-refractivity contribution in [1.82, 2.24) is 0 Å². The minimum absolute atomic E-state index is 0.0371. The Morgan fingerprint density at radius 2 is 1.92 bits per heavy atom. The Morgan fingerprint density at radius 1 is 1.17 bits per heavy atom. The zero-order valence-electron chi connectivity index (χ0n) is 14.6. The smallest absolute Gasteiger partial charge is 0.314 e. The normalized spacial score (nSPS) is 50.5. The highest BCUT2D eigenvalue weighted by molar-refractivity contribution is 6.05. The van der Waals surface area contributed by atoms with E-state index in [2.05, 4.69) is 13.8 Å². The van der Waals surface area contributed by atoms with E-state index >= 15 is 0 Å². The zero-order valence-corrected chi connectivity index (χ0v) is 14.6. The van der Waals surface area contributed by atoms with Gasteiger partial charge in [-0.25, -0.2) is 0 Å². The summed E-state index contributed by atoms with van der Waals surface area (Å²) in [5, 5.41) is 19.9. The molecule has 0 bridgehead atoms. The average Bonchev–Trinajstić information content (AvgIpc) is 2.83. The van der Waals surface area contributed by atoms with Gasteiger partial charge >= 0.3 is 5.97 Å². The molecular weight excluding hydrogens is 304 g/mol. The minimum atomic E-state index is -0.976. The van der Waals surface area contributed by atoms with Gasteiger partial charge in [0.1, 0.15) is 5.92 Å². The van der Waals surface area contributed by atoms with Crippen LogP contribution in [0.5, 0.6) is 0 Å². The fourth-order valence-electron chi connectivity index (χ4n) is 6.82. The van der Waals surface area contributed by atoms with E-state index in [0.717, 1.165) is 38.5 Å². The van der Waals surface area contributed by atoms with E-state index in [1.807, 2.05) is 0 Å². The topological polar surface area (TPSA) is 74.6 Å². The van der Waals surface area contributed by atoms with Crippen LogP contribution in [0.4, 0.5) is 0 Å². The van der Waals surface area contributed by atoms with Crippen LogP contribution in [-0.2, 0) is 9.59 Å². The lowest BCUT2D eigenvalue weighted by Gasteiger charge is -2.58. The maximum absolute atomic E-state index is 12.2. The summed E-state index contributed by atoms with van der Waals surface area (Å²) in [6, 6.07) is 0. The molecule has 0 aromatic rings. The number of aliphatic carboxylic acids is 1. The maximum atomic E-state index is 12.2. The van der Waals surface area contributed by atoms with Crippen molar-refractivity contribution in [3.05, 3.63) is 11.6 Å².